The summed E-state index contributed by atoms with van der Waals surface area (Å²) in [4.78, 5) is 15.7. The first-order chi connectivity index (χ1) is 12.6. The van der Waals surface area contributed by atoms with Gasteiger partial charge in [-0.05, 0) is 31.2 Å². The lowest BCUT2D eigenvalue weighted by molar-refractivity contribution is 0.322. The van der Waals surface area contributed by atoms with Crippen LogP contribution in [0.1, 0.15) is 6.92 Å². The molecule has 0 saturated heterocycles. The topological polar surface area (TPSA) is 77.2 Å². The summed E-state index contributed by atoms with van der Waals surface area (Å²) in [5.41, 5.74) is 3.01. The molecule has 7 nitrogen and oxygen atoms in total. The number of nitrogens with one attached hydrogen (secondary N) is 1. The molecule has 8 heteroatoms. The van der Waals surface area contributed by atoms with Gasteiger partial charge in [0.15, 0.2) is 11.6 Å². The van der Waals surface area contributed by atoms with E-state index in [9.17, 15) is 9.18 Å². The molecular formula is C18H16FN5O2. The zero-order chi connectivity index (χ0) is 18.3. The van der Waals surface area contributed by atoms with E-state index in [2.05, 4.69) is 15.2 Å². The largest absolute Gasteiger partial charge is 0.491 e. The number of halogens is 1. The zero-order valence-electron chi connectivity index (χ0n) is 14.2. The number of aryl methyl sites for hydroxylation is 1. The van der Waals surface area contributed by atoms with E-state index in [-0.39, 0.29) is 11.3 Å². The van der Waals surface area contributed by atoms with Crippen molar-refractivity contribution in [3.8, 4) is 28.3 Å². The molecule has 3 heterocycles. The van der Waals surface area contributed by atoms with E-state index in [4.69, 9.17) is 4.74 Å². The monoisotopic (exact) mass is 353 g/mol. The Labute approximate surface area is 147 Å². The SMILES string of the molecule is CCOc1cc(-c2cc(=O)n3ncc(-c4ccnn4C)c3[nH]2)ccc1F. The molecule has 0 unspecified atom stereocenters. The summed E-state index contributed by atoms with van der Waals surface area (Å²) < 4.78 is 22.1. The van der Waals surface area contributed by atoms with Crippen LogP contribution in [0.15, 0.2) is 47.5 Å². The van der Waals surface area contributed by atoms with Crippen LogP contribution in [-0.4, -0.2) is 31.0 Å². The number of H-pyrrole nitrogens is 1. The predicted molar refractivity (Wildman–Crippen MR) is 94.6 cm³/mol. The molecule has 0 aliphatic heterocycles. The molecule has 4 rings (SSSR count). The van der Waals surface area contributed by atoms with Crippen LogP contribution in [0.3, 0.4) is 0 Å². The summed E-state index contributed by atoms with van der Waals surface area (Å²) >= 11 is 0. The van der Waals surface area contributed by atoms with Crippen LogP contribution in [0.2, 0.25) is 0 Å². The van der Waals surface area contributed by atoms with Crippen molar-refractivity contribution in [3.05, 3.63) is 58.9 Å². The Hall–Kier alpha value is -3.42. The maximum absolute atomic E-state index is 13.8. The molecule has 0 amide bonds. The minimum atomic E-state index is -0.445. The van der Waals surface area contributed by atoms with Crippen LogP contribution >= 0.6 is 0 Å². The van der Waals surface area contributed by atoms with Crippen molar-refractivity contribution in [2.75, 3.05) is 6.61 Å². The third-order valence-corrected chi connectivity index (χ3v) is 4.14. The fourth-order valence-electron chi connectivity index (χ4n) is 2.90. The van der Waals surface area contributed by atoms with Crippen LogP contribution in [0, 0.1) is 5.82 Å². The minimum absolute atomic E-state index is 0.145. The van der Waals surface area contributed by atoms with E-state index in [1.165, 1.54) is 16.6 Å². The second-order valence-electron chi connectivity index (χ2n) is 5.76. The van der Waals surface area contributed by atoms with E-state index >= 15 is 0 Å². The summed E-state index contributed by atoms with van der Waals surface area (Å²) in [6.45, 7) is 2.13. The number of rotatable bonds is 4. The van der Waals surface area contributed by atoms with Gasteiger partial charge in [0.05, 0.1) is 29.8 Å². The fourth-order valence-corrected chi connectivity index (χ4v) is 2.90. The Kier molecular flexibility index (Phi) is 3.80. The molecule has 0 spiro atoms. The number of fused-ring (bicyclic) bond motifs is 1. The van der Waals surface area contributed by atoms with Crippen LogP contribution in [0.5, 0.6) is 5.75 Å². The zero-order valence-corrected chi connectivity index (χ0v) is 14.2. The Morgan fingerprint density at radius 2 is 2.08 bits per heavy atom. The minimum Gasteiger partial charge on any atom is -0.491 e. The lowest BCUT2D eigenvalue weighted by Gasteiger charge is -2.08. The van der Waals surface area contributed by atoms with Gasteiger partial charge in [-0.3, -0.25) is 9.48 Å². The quantitative estimate of drug-likeness (QED) is 0.612. The Bertz CT molecular complexity index is 1160. The highest BCUT2D eigenvalue weighted by Crippen LogP contribution is 2.27. The van der Waals surface area contributed by atoms with Gasteiger partial charge in [-0.2, -0.15) is 14.7 Å². The lowest BCUT2D eigenvalue weighted by atomic mass is 10.1. The van der Waals surface area contributed by atoms with Gasteiger partial charge < -0.3 is 9.72 Å². The third-order valence-electron chi connectivity index (χ3n) is 4.14. The molecule has 1 N–H and O–H groups in total. The predicted octanol–water partition coefficient (Wildman–Crippen LogP) is 2.63. The molecule has 4 aromatic rings. The molecule has 0 aliphatic carbocycles. The van der Waals surface area contributed by atoms with E-state index in [1.54, 1.807) is 36.1 Å². The lowest BCUT2D eigenvalue weighted by Crippen LogP contribution is -2.14. The molecule has 0 fully saturated rings. The number of hydrogen-bond acceptors (Lipinski definition) is 4. The van der Waals surface area contributed by atoms with Gasteiger partial charge in [-0.15, -0.1) is 0 Å². The number of benzene rings is 1. The van der Waals surface area contributed by atoms with E-state index < -0.39 is 5.82 Å². The van der Waals surface area contributed by atoms with Crippen LogP contribution < -0.4 is 10.3 Å². The molecule has 3 aromatic heterocycles. The molecule has 0 bridgehead atoms. The molecule has 1 aromatic carbocycles. The normalized spacial score (nSPS) is 11.2. The van der Waals surface area contributed by atoms with Crippen molar-refractivity contribution in [2.24, 2.45) is 7.05 Å². The van der Waals surface area contributed by atoms with Gasteiger partial charge in [0.25, 0.3) is 5.56 Å². The average Bonchev–Trinajstić information content (AvgIpc) is 3.23. The number of nitrogens with zero attached hydrogens (tertiary/aromatic N) is 4. The van der Waals surface area contributed by atoms with Crippen molar-refractivity contribution in [2.45, 2.75) is 6.92 Å². The number of aromatic nitrogens is 5. The van der Waals surface area contributed by atoms with Crippen LogP contribution in [0.25, 0.3) is 28.2 Å². The maximum atomic E-state index is 13.8. The van der Waals surface area contributed by atoms with Gasteiger partial charge in [0.2, 0.25) is 0 Å². The van der Waals surface area contributed by atoms with Gasteiger partial charge in [-0.1, -0.05) is 0 Å². The van der Waals surface area contributed by atoms with Crippen molar-refractivity contribution in [1.29, 1.82) is 0 Å². The number of aromatic amines is 1. The van der Waals surface area contributed by atoms with Crippen molar-refractivity contribution in [3.63, 3.8) is 0 Å². The fraction of sp³-hybridized carbons (Fsp3) is 0.167. The van der Waals surface area contributed by atoms with Gasteiger partial charge in [0.1, 0.15) is 5.65 Å². The van der Waals surface area contributed by atoms with Gasteiger partial charge >= 0.3 is 0 Å². The highest BCUT2D eigenvalue weighted by molar-refractivity contribution is 5.76. The average molecular weight is 353 g/mol. The molecule has 0 aliphatic rings. The van der Waals surface area contributed by atoms with E-state index in [0.717, 1.165) is 11.3 Å². The standard InChI is InChI=1S/C18H16FN5O2/c1-3-26-16-8-11(4-5-13(16)19)14-9-17(25)24-18(22-14)12(10-21-24)15-6-7-20-23(15)2/h4-10,22H,3H2,1-2H3. The third kappa shape index (κ3) is 2.55. The highest BCUT2D eigenvalue weighted by Gasteiger charge is 2.14. The first-order valence-electron chi connectivity index (χ1n) is 8.10. The molecule has 0 saturated carbocycles. The first-order valence-corrected chi connectivity index (χ1v) is 8.10. The smallest absolute Gasteiger partial charge is 0.274 e. The maximum Gasteiger partial charge on any atom is 0.274 e. The highest BCUT2D eigenvalue weighted by atomic mass is 19.1. The summed E-state index contributed by atoms with van der Waals surface area (Å²) in [5, 5.41) is 8.31. The number of ether oxygens (including phenoxy) is 1. The number of hydrogen-bond donors (Lipinski definition) is 1. The van der Waals surface area contributed by atoms with E-state index in [1.807, 2.05) is 13.1 Å². The molecule has 0 atom stereocenters. The van der Waals surface area contributed by atoms with E-state index in [0.29, 0.717) is 23.5 Å². The molecule has 0 radical (unpaired) electrons. The van der Waals surface area contributed by atoms with Crippen molar-refractivity contribution < 1.29 is 9.13 Å². The Morgan fingerprint density at radius 3 is 2.81 bits per heavy atom. The molecular weight excluding hydrogens is 337 g/mol. The first kappa shape index (κ1) is 16.1. The Morgan fingerprint density at radius 1 is 1.23 bits per heavy atom. The summed E-state index contributed by atoms with van der Waals surface area (Å²) in [7, 11) is 1.81. The molecule has 132 valence electrons. The van der Waals surface area contributed by atoms with Crippen LogP contribution in [-0.2, 0) is 7.05 Å². The van der Waals surface area contributed by atoms with Gasteiger partial charge in [-0.25, -0.2) is 4.39 Å². The second kappa shape index (κ2) is 6.14. The van der Waals surface area contributed by atoms with Crippen molar-refractivity contribution >= 4 is 5.65 Å². The van der Waals surface area contributed by atoms with Crippen LogP contribution in [0.4, 0.5) is 4.39 Å². The summed E-state index contributed by atoms with van der Waals surface area (Å²) in [6.07, 6.45) is 3.29. The molecule has 26 heavy (non-hydrogen) atoms. The second-order valence-corrected chi connectivity index (χ2v) is 5.76. The Balaban J connectivity index is 1.91. The van der Waals surface area contributed by atoms with Crippen molar-refractivity contribution in [1.82, 2.24) is 24.4 Å². The summed E-state index contributed by atoms with van der Waals surface area (Å²) in [6, 6.07) is 7.75. The summed E-state index contributed by atoms with van der Waals surface area (Å²) in [5.74, 6) is -0.301. The van der Waals surface area contributed by atoms with Gasteiger partial charge in [0, 0.05) is 24.9 Å².